The van der Waals surface area contributed by atoms with Crippen LogP contribution in [-0.4, -0.2) is 29.5 Å². The molecule has 0 aliphatic rings. The largest absolute Gasteiger partial charge is 0.444 e. The lowest BCUT2D eigenvalue weighted by molar-refractivity contribution is 0.0516. The van der Waals surface area contributed by atoms with E-state index in [0.29, 0.717) is 18.4 Å². The Balaban J connectivity index is 2.51. The molecular formula is C17H31N3O2. The third-order valence-corrected chi connectivity index (χ3v) is 3.63. The maximum Gasteiger partial charge on any atom is 0.407 e. The first-order valence-corrected chi connectivity index (χ1v) is 7.96. The Kier molecular flexibility index (Phi) is 6.33. The van der Waals surface area contributed by atoms with Crippen LogP contribution in [0.3, 0.4) is 0 Å². The van der Waals surface area contributed by atoms with Gasteiger partial charge in [0.1, 0.15) is 5.60 Å². The average molecular weight is 309 g/mol. The minimum Gasteiger partial charge on any atom is -0.444 e. The van der Waals surface area contributed by atoms with Gasteiger partial charge in [-0.3, -0.25) is 4.68 Å². The predicted octanol–water partition coefficient (Wildman–Crippen LogP) is 3.45. The minimum absolute atomic E-state index is 0.328. The van der Waals surface area contributed by atoms with Gasteiger partial charge in [-0.1, -0.05) is 13.8 Å². The van der Waals surface area contributed by atoms with Crippen molar-refractivity contribution in [2.75, 3.05) is 18.5 Å². The van der Waals surface area contributed by atoms with Gasteiger partial charge >= 0.3 is 6.09 Å². The van der Waals surface area contributed by atoms with Crippen LogP contribution in [0.1, 0.15) is 46.0 Å². The van der Waals surface area contributed by atoms with Gasteiger partial charge in [-0.2, -0.15) is 0 Å². The Labute approximate surface area is 134 Å². The van der Waals surface area contributed by atoms with E-state index in [0.717, 1.165) is 6.54 Å². The van der Waals surface area contributed by atoms with E-state index in [1.165, 1.54) is 11.4 Å². The van der Waals surface area contributed by atoms with E-state index in [4.69, 9.17) is 4.74 Å². The molecule has 1 heterocycles. The summed E-state index contributed by atoms with van der Waals surface area (Å²) in [6.45, 7) is 15.5. The average Bonchev–Trinajstić information content (AvgIpc) is 2.67. The zero-order valence-electron chi connectivity index (χ0n) is 15.0. The number of rotatable bonds is 6. The first-order valence-electron chi connectivity index (χ1n) is 7.96. The number of aromatic nitrogens is 1. The topological polar surface area (TPSA) is 55.3 Å². The van der Waals surface area contributed by atoms with Crippen LogP contribution < -0.4 is 10.7 Å². The van der Waals surface area contributed by atoms with Crippen LogP contribution in [-0.2, 0) is 4.74 Å². The number of alkyl carbamates (subject to hydrolysis) is 1. The first-order chi connectivity index (χ1) is 10.1. The zero-order chi connectivity index (χ0) is 16.9. The lowest BCUT2D eigenvalue weighted by Crippen LogP contribution is -2.39. The molecule has 0 aliphatic heterocycles. The van der Waals surface area contributed by atoms with Crippen molar-refractivity contribution in [1.29, 1.82) is 0 Å². The second-order valence-electron chi connectivity index (χ2n) is 7.20. The molecule has 1 unspecified atom stereocenters. The minimum atomic E-state index is -0.463. The van der Waals surface area contributed by atoms with Gasteiger partial charge in [-0.25, -0.2) is 4.79 Å². The highest BCUT2D eigenvalue weighted by Gasteiger charge is 2.19. The molecule has 0 radical (unpaired) electrons. The molecule has 0 bridgehead atoms. The monoisotopic (exact) mass is 309 g/mol. The Morgan fingerprint density at radius 1 is 1.18 bits per heavy atom. The van der Waals surface area contributed by atoms with Gasteiger partial charge < -0.3 is 15.5 Å². The smallest absolute Gasteiger partial charge is 0.407 e. The number of hydrogen-bond acceptors (Lipinski definition) is 3. The number of hydrogen-bond donors (Lipinski definition) is 2. The van der Waals surface area contributed by atoms with E-state index in [1.807, 2.05) is 20.8 Å². The summed E-state index contributed by atoms with van der Waals surface area (Å²) >= 11 is 0. The summed E-state index contributed by atoms with van der Waals surface area (Å²) in [5, 5.41) is 2.87. The van der Waals surface area contributed by atoms with Gasteiger partial charge in [0.05, 0.1) is 0 Å². The molecule has 0 fully saturated rings. The van der Waals surface area contributed by atoms with Crippen molar-refractivity contribution in [3.63, 3.8) is 0 Å². The molecule has 0 saturated carbocycles. The van der Waals surface area contributed by atoms with Gasteiger partial charge in [0.25, 0.3) is 0 Å². The van der Waals surface area contributed by atoms with Crippen molar-refractivity contribution in [3.8, 4) is 0 Å². The van der Waals surface area contributed by atoms with Gasteiger partial charge in [0.15, 0.2) is 0 Å². The van der Waals surface area contributed by atoms with E-state index in [2.05, 4.69) is 55.2 Å². The van der Waals surface area contributed by atoms with E-state index in [9.17, 15) is 4.79 Å². The maximum absolute atomic E-state index is 11.8. The molecule has 2 N–H and O–H groups in total. The Hall–Kier alpha value is -1.65. The summed E-state index contributed by atoms with van der Waals surface area (Å²) in [5.74, 6) is 0.785. The molecule has 126 valence electrons. The van der Waals surface area contributed by atoms with Crippen LogP contribution in [0.15, 0.2) is 12.1 Å². The highest BCUT2D eigenvalue weighted by Crippen LogP contribution is 2.12. The first kappa shape index (κ1) is 18.4. The number of ether oxygens (including phenoxy) is 1. The molecule has 1 aromatic rings. The second kappa shape index (κ2) is 7.56. The molecule has 1 amide bonds. The molecule has 0 aromatic carbocycles. The van der Waals surface area contributed by atoms with Crippen LogP contribution >= 0.6 is 0 Å². The molecular weight excluding hydrogens is 278 g/mol. The molecule has 1 atom stereocenters. The van der Waals surface area contributed by atoms with Crippen LogP contribution in [0, 0.1) is 25.7 Å². The fourth-order valence-corrected chi connectivity index (χ4v) is 2.20. The molecule has 22 heavy (non-hydrogen) atoms. The van der Waals surface area contributed by atoms with Crippen LogP contribution in [0.5, 0.6) is 0 Å². The Bertz CT molecular complexity index is 467. The summed E-state index contributed by atoms with van der Waals surface area (Å²) in [5.41, 5.74) is 5.34. The van der Waals surface area contributed by atoms with Crippen molar-refractivity contribution < 1.29 is 9.53 Å². The molecule has 5 heteroatoms. The van der Waals surface area contributed by atoms with E-state index < -0.39 is 5.60 Å². The highest BCUT2D eigenvalue weighted by atomic mass is 16.6. The Morgan fingerprint density at radius 2 is 1.73 bits per heavy atom. The molecule has 0 saturated heterocycles. The standard InChI is InChI=1S/C17H31N3O2/c1-12(2)15(10-18-16(21)22-17(5,6)7)11-19-20-13(3)8-9-14(20)4/h8-9,12,15,19H,10-11H2,1-7H3,(H,18,21). The summed E-state index contributed by atoms with van der Waals surface area (Å²) in [7, 11) is 0. The molecule has 1 aromatic heterocycles. The number of amides is 1. The Morgan fingerprint density at radius 3 is 2.18 bits per heavy atom. The zero-order valence-corrected chi connectivity index (χ0v) is 15.0. The summed E-state index contributed by atoms with van der Waals surface area (Å²) in [4.78, 5) is 11.8. The fraction of sp³-hybridized carbons (Fsp3) is 0.706. The lowest BCUT2D eigenvalue weighted by Gasteiger charge is -2.25. The van der Waals surface area contributed by atoms with Gasteiger partial charge in [-0.05, 0) is 58.6 Å². The second-order valence-corrected chi connectivity index (χ2v) is 7.20. The summed E-state index contributed by atoms with van der Waals surface area (Å²) < 4.78 is 7.37. The number of nitrogens with zero attached hydrogens (tertiary/aromatic N) is 1. The molecule has 1 rings (SSSR count). The van der Waals surface area contributed by atoms with E-state index in [-0.39, 0.29) is 6.09 Å². The van der Waals surface area contributed by atoms with Crippen molar-refractivity contribution >= 4 is 6.09 Å². The van der Waals surface area contributed by atoms with Gasteiger partial charge in [0.2, 0.25) is 0 Å². The number of carbonyl (C=O) groups excluding carboxylic acids is 1. The van der Waals surface area contributed by atoms with Crippen LogP contribution in [0.2, 0.25) is 0 Å². The van der Waals surface area contributed by atoms with Gasteiger partial charge in [0, 0.05) is 24.5 Å². The van der Waals surface area contributed by atoms with Crippen LogP contribution in [0.25, 0.3) is 0 Å². The molecule has 0 aliphatic carbocycles. The molecule has 0 spiro atoms. The number of aryl methyl sites for hydroxylation is 2. The molecule has 5 nitrogen and oxygen atoms in total. The number of carbonyl (C=O) groups is 1. The summed E-state index contributed by atoms with van der Waals surface area (Å²) in [6.07, 6.45) is -0.355. The van der Waals surface area contributed by atoms with Crippen molar-refractivity contribution in [2.45, 2.75) is 54.1 Å². The quantitative estimate of drug-likeness (QED) is 0.846. The predicted molar refractivity (Wildman–Crippen MR) is 90.7 cm³/mol. The van der Waals surface area contributed by atoms with Crippen molar-refractivity contribution in [2.24, 2.45) is 11.8 Å². The fourth-order valence-electron chi connectivity index (χ4n) is 2.20. The van der Waals surface area contributed by atoms with E-state index >= 15 is 0 Å². The maximum atomic E-state index is 11.8. The normalized spacial score (nSPS) is 13.1. The third kappa shape index (κ3) is 6.00. The lowest BCUT2D eigenvalue weighted by atomic mass is 9.96. The van der Waals surface area contributed by atoms with Crippen LogP contribution in [0.4, 0.5) is 4.79 Å². The number of nitrogens with one attached hydrogen (secondary N) is 2. The SMILES string of the molecule is Cc1ccc(C)n1NCC(CNC(=O)OC(C)(C)C)C(C)C. The highest BCUT2D eigenvalue weighted by molar-refractivity contribution is 5.67. The third-order valence-electron chi connectivity index (χ3n) is 3.63. The van der Waals surface area contributed by atoms with E-state index in [1.54, 1.807) is 0 Å². The van der Waals surface area contributed by atoms with Gasteiger partial charge in [-0.15, -0.1) is 0 Å². The summed E-state index contributed by atoms with van der Waals surface area (Å²) in [6, 6.07) is 4.18. The van der Waals surface area contributed by atoms with Crippen molar-refractivity contribution in [1.82, 2.24) is 9.99 Å². The van der Waals surface area contributed by atoms with Crippen molar-refractivity contribution in [3.05, 3.63) is 23.5 Å².